The lowest BCUT2D eigenvalue weighted by molar-refractivity contribution is -0.118. The molecule has 3 N–H and O–H groups in total. The zero-order valence-electron chi connectivity index (χ0n) is 20.1. The number of pyridine rings is 1. The van der Waals surface area contributed by atoms with Crippen LogP contribution < -0.4 is 5.32 Å². The lowest BCUT2D eigenvalue weighted by Gasteiger charge is -2.43. The fraction of sp³-hybridized carbons (Fsp3) is 0.615. The van der Waals surface area contributed by atoms with E-state index in [0.717, 1.165) is 47.3 Å². The summed E-state index contributed by atoms with van der Waals surface area (Å²) in [7, 11) is 0. The van der Waals surface area contributed by atoms with Gasteiger partial charge in [0.25, 0.3) is 0 Å². The number of carbonyl (C=O) groups is 1. The predicted molar refractivity (Wildman–Crippen MR) is 132 cm³/mol. The quantitative estimate of drug-likeness (QED) is 0.597. The van der Waals surface area contributed by atoms with E-state index in [0.29, 0.717) is 31.4 Å². The summed E-state index contributed by atoms with van der Waals surface area (Å²) in [4.78, 5) is 19.4. The first-order valence-corrected chi connectivity index (χ1v) is 12.6. The number of hydrogen-bond acceptors (Lipinski definition) is 6. The third kappa shape index (κ3) is 4.44. The molecule has 1 aliphatic carbocycles. The van der Waals surface area contributed by atoms with Crippen molar-refractivity contribution in [1.29, 1.82) is 0 Å². The van der Waals surface area contributed by atoms with Gasteiger partial charge in [0, 0.05) is 22.5 Å². The number of halogens is 1. The molecule has 3 heterocycles. The molecule has 4 unspecified atom stereocenters. The van der Waals surface area contributed by atoms with Crippen molar-refractivity contribution >= 4 is 34.1 Å². The van der Waals surface area contributed by atoms with E-state index in [1.165, 1.54) is 0 Å². The van der Waals surface area contributed by atoms with Crippen LogP contribution in [0.5, 0.6) is 0 Å². The normalized spacial score (nSPS) is 30.6. The fourth-order valence-corrected chi connectivity index (χ4v) is 6.03. The summed E-state index contributed by atoms with van der Waals surface area (Å²) in [6.07, 6.45) is 3.91. The third-order valence-corrected chi connectivity index (χ3v) is 8.50. The Kier molecular flexibility index (Phi) is 6.14. The lowest BCUT2D eigenvalue weighted by Crippen LogP contribution is -2.56. The van der Waals surface area contributed by atoms with Crippen molar-refractivity contribution in [3.8, 4) is 0 Å². The Labute approximate surface area is 205 Å². The van der Waals surface area contributed by atoms with Gasteiger partial charge in [0.05, 0.1) is 30.5 Å². The van der Waals surface area contributed by atoms with E-state index >= 15 is 0 Å². The van der Waals surface area contributed by atoms with Crippen molar-refractivity contribution in [3.63, 3.8) is 0 Å². The number of aliphatic hydroxyl groups excluding tert-OH is 1. The first kappa shape index (κ1) is 23.9. The Morgan fingerprint density at radius 1 is 1.26 bits per heavy atom. The molecule has 1 aromatic heterocycles. The van der Waals surface area contributed by atoms with Crippen LogP contribution in [0.1, 0.15) is 51.5 Å². The molecule has 3 aliphatic rings. The number of hydrogen-bond donors (Lipinski definition) is 3. The van der Waals surface area contributed by atoms with Crippen LogP contribution in [0.15, 0.2) is 24.4 Å². The molecule has 1 amide bonds. The SMILES string of the molecule is CC(C)(O)C1CC1C(=O)Nc1cc2cc(C3CCN(C4(C)COCC4O)CC3)c(Cl)cc2cn1. The maximum Gasteiger partial charge on any atom is 0.229 e. The van der Waals surface area contributed by atoms with E-state index in [9.17, 15) is 15.0 Å². The number of likely N-dealkylation sites (tertiary alicyclic amines) is 1. The number of piperidine rings is 1. The maximum absolute atomic E-state index is 12.6. The molecule has 5 rings (SSSR count). The summed E-state index contributed by atoms with van der Waals surface area (Å²) in [5.41, 5.74) is -0.0433. The monoisotopic (exact) mass is 487 g/mol. The summed E-state index contributed by atoms with van der Waals surface area (Å²) in [5.74, 6) is 0.580. The van der Waals surface area contributed by atoms with E-state index in [1.807, 2.05) is 12.1 Å². The number of aliphatic hydroxyl groups is 2. The second-order valence-electron chi connectivity index (χ2n) is 11.0. The van der Waals surface area contributed by atoms with E-state index in [2.05, 4.69) is 28.2 Å². The molecule has 34 heavy (non-hydrogen) atoms. The van der Waals surface area contributed by atoms with Crippen LogP contribution in [0.4, 0.5) is 5.82 Å². The molecule has 0 spiro atoms. The number of carbonyl (C=O) groups excluding carboxylic acids is 1. The van der Waals surface area contributed by atoms with Gasteiger partial charge in [-0.2, -0.15) is 0 Å². The van der Waals surface area contributed by atoms with Crippen LogP contribution in [0, 0.1) is 11.8 Å². The Bertz CT molecular complexity index is 1100. The van der Waals surface area contributed by atoms with Crippen molar-refractivity contribution in [1.82, 2.24) is 9.88 Å². The summed E-state index contributed by atoms with van der Waals surface area (Å²) in [5, 5.41) is 26.1. The van der Waals surface area contributed by atoms with Gasteiger partial charge in [-0.25, -0.2) is 4.98 Å². The van der Waals surface area contributed by atoms with Crippen LogP contribution in [0.25, 0.3) is 10.8 Å². The standard InChI is InChI=1S/C26H34ClN3O4/c1-25(2,33)20-11-19(20)24(32)29-23-10-16-8-18(21(27)9-17(16)12-28-23)15-4-6-30(7-5-15)26(3)14-34-13-22(26)31/h8-10,12,15,19-20,22,31,33H,4-7,11,13-14H2,1-3H3,(H,28,29,32). The Morgan fingerprint density at radius 3 is 2.62 bits per heavy atom. The number of nitrogens with one attached hydrogen (secondary N) is 1. The first-order chi connectivity index (χ1) is 16.1. The minimum Gasteiger partial charge on any atom is -0.390 e. The van der Waals surface area contributed by atoms with Crippen molar-refractivity contribution in [2.24, 2.45) is 11.8 Å². The summed E-state index contributed by atoms with van der Waals surface area (Å²) in [6.45, 7) is 8.32. The topological polar surface area (TPSA) is 94.9 Å². The number of benzene rings is 1. The highest BCUT2D eigenvalue weighted by Gasteiger charge is 2.51. The number of amides is 1. The number of rotatable bonds is 5. The average molecular weight is 488 g/mol. The van der Waals surface area contributed by atoms with Gasteiger partial charge in [-0.15, -0.1) is 0 Å². The minimum absolute atomic E-state index is 0.0107. The van der Waals surface area contributed by atoms with Gasteiger partial charge in [0.2, 0.25) is 5.91 Å². The van der Waals surface area contributed by atoms with Crippen LogP contribution >= 0.6 is 11.6 Å². The van der Waals surface area contributed by atoms with Gasteiger partial charge in [-0.05, 0) is 94.1 Å². The van der Waals surface area contributed by atoms with E-state index in [-0.39, 0.29) is 23.3 Å². The first-order valence-electron chi connectivity index (χ1n) is 12.2. The van der Waals surface area contributed by atoms with Crippen LogP contribution in [-0.4, -0.2) is 69.6 Å². The molecule has 7 nitrogen and oxygen atoms in total. The second kappa shape index (κ2) is 8.71. The van der Waals surface area contributed by atoms with Gasteiger partial charge in [0.15, 0.2) is 0 Å². The van der Waals surface area contributed by atoms with Gasteiger partial charge in [0.1, 0.15) is 5.82 Å². The van der Waals surface area contributed by atoms with Crippen molar-refractivity contribution in [2.45, 2.75) is 63.2 Å². The van der Waals surface area contributed by atoms with Crippen LogP contribution in [0.2, 0.25) is 5.02 Å². The number of anilines is 1. The molecular weight excluding hydrogens is 454 g/mol. The molecule has 2 aliphatic heterocycles. The lowest BCUT2D eigenvalue weighted by atomic mass is 9.85. The molecule has 1 aromatic carbocycles. The highest BCUT2D eigenvalue weighted by atomic mass is 35.5. The molecule has 1 saturated carbocycles. The summed E-state index contributed by atoms with van der Waals surface area (Å²) >= 11 is 6.69. The molecule has 8 heteroatoms. The predicted octanol–water partition coefficient (Wildman–Crippen LogP) is 3.56. The molecule has 184 valence electrons. The number of ether oxygens (including phenoxy) is 1. The largest absolute Gasteiger partial charge is 0.390 e. The molecule has 0 bridgehead atoms. The highest BCUT2D eigenvalue weighted by Crippen LogP contribution is 2.47. The Balaban J connectivity index is 1.29. The maximum atomic E-state index is 12.6. The fourth-order valence-electron chi connectivity index (χ4n) is 5.71. The molecule has 0 radical (unpaired) electrons. The number of aromatic nitrogens is 1. The van der Waals surface area contributed by atoms with Crippen LogP contribution in [0.3, 0.4) is 0 Å². The van der Waals surface area contributed by atoms with Crippen molar-refractivity contribution in [2.75, 3.05) is 31.6 Å². The van der Waals surface area contributed by atoms with E-state index in [1.54, 1.807) is 20.0 Å². The van der Waals surface area contributed by atoms with Crippen LogP contribution in [-0.2, 0) is 9.53 Å². The van der Waals surface area contributed by atoms with Gasteiger partial charge in [-0.1, -0.05) is 11.6 Å². The average Bonchev–Trinajstić information content (AvgIpc) is 3.54. The highest BCUT2D eigenvalue weighted by molar-refractivity contribution is 6.32. The van der Waals surface area contributed by atoms with Crippen molar-refractivity contribution < 1.29 is 19.7 Å². The zero-order valence-corrected chi connectivity index (χ0v) is 20.8. The molecule has 2 saturated heterocycles. The number of fused-ring (bicyclic) bond motifs is 1. The number of nitrogens with zero attached hydrogens (tertiary/aromatic N) is 2. The van der Waals surface area contributed by atoms with Gasteiger partial charge in [-0.3, -0.25) is 9.69 Å². The van der Waals surface area contributed by atoms with Gasteiger partial charge >= 0.3 is 0 Å². The molecule has 4 atom stereocenters. The zero-order chi connectivity index (χ0) is 24.3. The van der Waals surface area contributed by atoms with Crippen molar-refractivity contribution in [3.05, 3.63) is 35.0 Å². The van der Waals surface area contributed by atoms with Gasteiger partial charge < -0.3 is 20.3 Å². The minimum atomic E-state index is -0.847. The van der Waals surface area contributed by atoms with E-state index < -0.39 is 11.7 Å². The molecule has 3 fully saturated rings. The second-order valence-corrected chi connectivity index (χ2v) is 11.4. The molecule has 2 aromatic rings. The Morgan fingerprint density at radius 2 is 2.00 bits per heavy atom. The van der Waals surface area contributed by atoms with E-state index in [4.69, 9.17) is 16.3 Å². The third-order valence-electron chi connectivity index (χ3n) is 8.17. The Hall–Kier alpha value is -1.77. The summed E-state index contributed by atoms with van der Waals surface area (Å²) in [6, 6.07) is 5.98. The smallest absolute Gasteiger partial charge is 0.229 e. The molecular formula is C26H34ClN3O4. The summed E-state index contributed by atoms with van der Waals surface area (Å²) < 4.78 is 5.52.